The maximum Gasteiger partial charge on any atom is 0.341 e. The SMILES string of the molecule is O=C(O)c1cnn2c(=O)cc(-c3ccc(C4CCCCC4)cc3)[nH]c12. The zero-order chi connectivity index (χ0) is 17.4. The van der Waals surface area contributed by atoms with Crippen molar-refractivity contribution in [1.82, 2.24) is 14.6 Å². The quantitative estimate of drug-likeness (QED) is 0.766. The first-order chi connectivity index (χ1) is 12.1. The number of aromatic carboxylic acids is 1. The number of carbonyl (C=O) groups is 1. The van der Waals surface area contributed by atoms with Crippen molar-refractivity contribution in [2.24, 2.45) is 0 Å². The van der Waals surface area contributed by atoms with Gasteiger partial charge in [-0.2, -0.15) is 9.61 Å². The predicted octanol–water partition coefficient (Wildman–Crippen LogP) is 3.44. The molecule has 6 nitrogen and oxygen atoms in total. The lowest BCUT2D eigenvalue weighted by Crippen LogP contribution is -2.15. The Morgan fingerprint density at radius 2 is 1.88 bits per heavy atom. The number of carboxylic acid groups (broad SMARTS) is 1. The largest absolute Gasteiger partial charge is 0.477 e. The van der Waals surface area contributed by atoms with Crippen LogP contribution in [0.4, 0.5) is 0 Å². The second kappa shape index (κ2) is 6.20. The van der Waals surface area contributed by atoms with E-state index in [9.17, 15) is 14.7 Å². The molecule has 0 amide bonds. The summed E-state index contributed by atoms with van der Waals surface area (Å²) >= 11 is 0. The van der Waals surface area contributed by atoms with Crippen LogP contribution in [0.15, 0.2) is 41.3 Å². The summed E-state index contributed by atoms with van der Waals surface area (Å²) < 4.78 is 1.07. The van der Waals surface area contributed by atoms with Gasteiger partial charge in [-0.25, -0.2) is 4.79 Å². The molecule has 2 aromatic heterocycles. The molecule has 4 rings (SSSR count). The summed E-state index contributed by atoms with van der Waals surface area (Å²) in [5.41, 5.74) is 2.62. The van der Waals surface area contributed by atoms with Crippen LogP contribution in [0.1, 0.15) is 53.9 Å². The standard InChI is InChI=1S/C19H19N3O3/c23-17-10-16(21-18-15(19(24)25)11-20-22(17)18)14-8-6-13(7-9-14)12-4-2-1-3-5-12/h6-12,21H,1-5H2,(H,24,25). The fraction of sp³-hybridized carbons (Fsp3) is 0.316. The van der Waals surface area contributed by atoms with Gasteiger partial charge in [0, 0.05) is 6.07 Å². The minimum atomic E-state index is -1.12. The van der Waals surface area contributed by atoms with Crippen LogP contribution < -0.4 is 5.56 Å². The third-order valence-corrected chi connectivity index (χ3v) is 5.03. The second-order valence-electron chi connectivity index (χ2n) is 6.60. The number of nitrogens with zero attached hydrogens (tertiary/aromatic N) is 2. The van der Waals surface area contributed by atoms with Gasteiger partial charge in [-0.05, 0) is 29.9 Å². The first kappa shape index (κ1) is 15.6. The zero-order valence-electron chi connectivity index (χ0n) is 13.7. The summed E-state index contributed by atoms with van der Waals surface area (Å²) in [4.78, 5) is 26.5. The Morgan fingerprint density at radius 1 is 1.16 bits per heavy atom. The highest BCUT2D eigenvalue weighted by Gasteiger charge is 2.17. The third-order valence-electron chi connectivity index (χ3n) is 5.03. The van der Waals surface area contributed by atoms with Crippen LogP contribution in [0.5, 0.6) is 0 Å². The first-order valence-electron chi connectivity index (χ1n) is 8.58. The lowest BCUT2D eigenvalue weighted by Gasteiger charge is -2.22. The van der Waals surface area contributed by atoms with E-state index in [0.717, 1.165) is 10.1 Å². The first-order valence-corrected chi connectivity index (χ1v) is 8.58. The number of hydrogen-bond acceptors (Lipinski definition) is 3. The molecule has 1 aliphatic carbocycles. The molecule has 128 valence electrons. The van der Waals surface area contributed by atoms with Crippen LogP contribution in [0.25, 0.3) is 16.9 Å². The van der Waals surface area contributed by atoms with Crippen molar-refractivity contribution in [2.75, 3.05) is 0 Å². The molecule has 0 aliphatic heterocycles. The molecule has 6 heteroatoms. The molecule has 1 aromatic carbocycles. The summed E-state index contributed by atoms with van der Waals surface area (Å²) in [6, 6.07) is 9.65. The number of carboxylic acids is 1. The minimum absolute atomic E-state index is 0.0159. The lowest BCUT2D eigenvalue weighted by atomic mass is 9.84. The fourth-order valence-electron chi connectivity index (χ4n) is 3.67. The average molecular weight is 337 g/mol. The second-order valence-corrected chi connectivity index (χ2v) is 6.60. The Kier molecular flexibility index (Phi) is 3.87. The van der Waals surface area contributed by atoms with Gasteiger partial charge < -0.3 is 10.1 Å². The molecule has 0 radical (unpaired) electrons. The van der Waals surface area contributed by atoms with E-state index in [0.29, 0.717) is 11.6 Å². The van der Waals surface area contributed by atoms with Crippen molar-refractivity contribution >= 4 is 11.6 Å². The van der Waals surface area contributed by atoms with Crippen LogP contribution in [-0.2, 0) is 0 Å². The summed E-state index contributed by atoms with van der Waals surface area (Å²) in [5.74, 6) is -0.492. The van der Waals surface area contributed by atoms with Crippen molar-refractivity contribution in [2.45, 2.75) is 38.0 Å². The van der Waals surface area contributed by atoms with E-state index >= 15 is 0 Å². The number of rotatable bonds is 3. The molecule has 1 fully saturated rings. The van der Waals surface area contributed by atoms with E-state index in [2.05, 4.69) is 22.2 Å². The summed E-state index contributed by atoms with van der Waals surface area (Å²) in [7, 11) is 0. The number of aromatic amines is 1. The van der Waals surface area contributed by atoms with Crippen LogP contribution in [-0.4, -0.2) is 25.7 Å². The highest BCUT2D eigenvalue weighted by atomic mass is 16.4. The van der Waals surface area contributed by atoms with Crippen LogP contribution in [0, 0.1) is 0 Å². The van der Waals surface area contributed by atoms with Gasteiger partial charge in [-0.3, -0.25) is 4.79 Å². The van der Waals surface area contributed by atoms with Gasteiger partial charge in [0.05, 0.1) is 11.9 Å². The lowest BCUT2D eigenvalue weighted by molar-refractivity contribution is 0.0699. The molecule has 3 aromatic rings. The molecule has 0 unspecified atom stereocenters. The van der Waals surface area contributed by atoms with E-state index in [1.165, 1.54) is 49.9 Å². The molecule has 0 bridgehead atoms. The van der Waals surface area contributed by atoms with Gasteiger partial charge in [0.15, 0.2) is 5.65 Å². The maximum absolute atomic E-state index is 12.2. The molecule has 0 saturated heterocycles. The Morgan fingerprint density at radius 3 is 2.56 bits per heavy atom. The van der Waals surface area contributed by atoms with E-state index in [-0.39, 0.29) is 16.8 Å². The van der Waals surface area contributed by atoms with Gasteiger partial charge in [0.25, 0.3) is 5.56 Å². The van der Waals surface area contributed by atoms with Gasteiger partial charge in [0.1, 0.15) is 5.56 Å². The molecule has 1 saturated carbocycles. The van der Waals surface area contributed by atoms with Crippen LogP contribution in [0.2, 0.25) is 0 Å². The van der Waals surface area contributed by atoms with Crippen molar-refractivity contribution in [3.8, 4) is 11.3 Å². The highest BCUT2D eigenvalue weighted by Crippen LogP contribution is 2.33. The van der Waals surface area contributed by atoms with Crippen molar-refractivity contribution < 1.29 is 9.90 Å². The number of fused-ring (bicyclic) bond motifs is 1. The van der Waals surface area contributed by atoms with Crippen LogP contribution in [0.3, 0.4) is 0 Å². The summed E-state index contributed by atoms with van der Waals surface area (Å²) in [6.07, 6.45) is 7.56. The van der Waals surface area contributed by atoms with Crippen molar-refractivity contribution in [3.63, 3.8) is 0 Å². The Labute approximate surface area is 144 Å². The van der Waals surface area contributed by atoms with Gasteiger partial charge in [-0.1, -0.05) is 43.5 Å². The number of benzene rings is 1. The van der Waals surface area contributed by atoms with E-state index in [1.807, 2.05) is 12.1 Å². The van der Waals surface area contributed by atoms with Crippen molar-refractivity contribution in [3.05, 3.63) is 58.0 Å². The van der Waals surface area contributed by atoms with E-state index in [4.69, 9.17) is 0 Å². The number of nitrogens with one attached hydrogen (secondary N) is 1. The smallest absolute Gasteiger partial charge is 0.341 e. The van der Waals surface area contributed by atoms with Crippen LogP contribution >= 0.6 is 0 Å². The molecular formula is C19H19N3O3. The third kappa shape index (κ3) is 2.84. The van der Waals surface area contributed by atoms with Gasteiger partial charge in [-0.15, -0.1) is 0 Å². The maximum atomic E-state index is 12.2. The normalized spacial score (nSPS) is 15.5. The number of hydrogen-bond donors (Lipinski definition) is 2. The summed E-state index contributed by atoms with van der Waals surface area (Å²) in [6.45, 7) is 0. The Hall–Kier alpha value is -2.89. The Balaban J connectivity index is 1.72. The molecule has 1 aliphatic rings. The predicted molar refractivity (Wildman–Crippen MR) is 94.0 cm³/mol. The molecule has 2 heterocycles. The van der Waals surface area contributed by atoms with Gasteiger partial charge >= 0.3 is 5.97 Å². The number of aromatic nitrogens is 3. The molecular weight excluding hydrogens is 318 g/mol. The molecule has 2 N–H and O–H groups in total. The molecule has 0 atom stereocenters. The number of H-pyrrole nitrogens is 1. The topological polar surface area (TPSA) is 87.5 Å². The monoisotopic (exact) mass is 337 g/mol. The average Bonchev–Trinajstić information content (AvgIpc) is 3.07. The molecule has 0 spiro atoms. The molecule has 25 heavy (non-hydrogen) atoms. The minimum Gasteiger partial charge on any atom is -0.477 e. The summed E-state index contributed by atoms with van der Waals surface area (Å²) in [5, 5.41) is 13.1. The Bertz CT molecular complexity index is 979. The zero-order valence-corrected chi connectivity index (χ0v) is 13.7. The van der Waals surface area contributed by atoms with E-state index in [1.54, 1.807) is 0 Å². The van der Waals surface area contributed by atoms with Crippen molar-refractivity contribution in [1.29, 1.82) is 0 Å². The van der Waals surface area contributed by atoms with E-state index < -0.39 is 5.97 Å². The fourth-order valence-corrected chi connectivity index (χ4v) is 3.67. The highest BCUT2D eigenvalue weighted by molar-refractivity contribution is 5.94. The van der Waals surface area contributed by atoms with Gasteiger partial charge in [0.2, 0.25) is 0 Å².